The molecule has 3 heterocycles. The average Bonchev–Trinajstić information content (AvgIpc) is 3.88. The number of nitro groups is 1. The Morgan fingerprint density at radius 2 is 1.88 bits per heavy atom. The number of aliphatic hydroxyl groups is 1. The highest BCUT2D eigenvalue weighted by molar-refractivity contribution is 6.35. The van der Waals surface area contributed by atoms with Crippen LogP contribution in [0.25, 0.3) is 0 Å². The standard InChI is InChI=1S/C40H46ClF3N4O12/c1-20-10-9-11-30(57-8)39(53)19-29(58-37(52)45-39)21(2)34-38(4,60-34)31(18-32(49)47(6)27-15-23(14-20)16-28(56-7)33(27)41)59-36(51)22(3)46(5)35(50)25-13-12-24(48(54)55)17-26(25)40(42,43)44/h9-13,15-17,21-22,29-31,34,53H,14,18-19H2,1-8H3,(H,45,52)/b11-9+,20-10+/t21-,22+,29+,30-,31+,34+,38+,39+/m1/s1. The second-order valence-electron chi connectivity index (χ2n) is 15.3. The van der Waals surface area contributed by atoms with Gasteiger partial charge in [-0.15, -0.1) is 0 Å². The van der Waals surface area contributed by atoms with E-state index in [1.165, 1.54) is 33.1 Å². The van der Waals surface area contributed by atoms with Crippen molar-refractivity contribution >= 4 is 46.9 Å². The molecule has 0 saturated carbocycles. The van der Waals surface area contributed by atoms with Gasteiger partial charge in [0.25, 0.3) is 11.6 Å². The van der Waals surface area contributed by atoms with Crippen LogP contribution >= 0.6 is 11.6 Å². The highest BCUT2D eigenvalue weighted by atomic mass is 35.5. The van der Waals surface area contributed by atoms with Crippen molar-refractivity contribution < 1.29 is 66.1 Å². The van der Waals surface area contributed by atoms with Gasteiger partial charge in [-0.3, -0.25) is 25.0 Å². The average molecular weight is 867 g/mol. The molecule has 16 nitrogen and oxygen atoms in total. The van der Waals surface area contributed by atoms with Crippen molar-refractivity contribution in [2.75, 3.05) is 33.2 Å². The number of nitrogens with zero attached hydrogens (tertiary/aromatic N) is 3. The molecule has 2 aromatic carbocycles. The van der Waals surface area contributed by atoms with Crippen LogP contribution in [0.4, 0.5) is 29.3 Å². The van der Waals surface area contributed by atoms with Crippen molar-refractivity contribution in [2.24, 2.45) is 5.92 Å². The first-order chi connectivity index (χ1) is 27.9. The second-order valence-corrected chi connectivity index (χ2v) is 15.7. The third kappa shape index (κ3) is 9.38. The molecule has 60 heavy (non-hydrogen) atoms. The molecule has 2 aromatic rings. The molecule has 5 rings (SSSR count). The number of hydrogen-bond donors (Lipinski definition) is 2. The predicted molar refractivity (Wildman–Crippen MR) is 208 cm³/mol. The Morgan fingerprint density at radius 1 is 1.20 bits per heavy atom. The molecule has 20 heteroatoms. The maximum absolute atomic E-state index is 14.2. The fourth-order valence-electron chi connectivity index (χ4n) is 7.43. The van der Waals surface area contributed by atoms with Crippen LogP contribution in [0.3, 0.4) is 0 Å². The number of fused-ring (bicyclic) bond motifs is 5. The molecule has 3 amide bonds. The number of methoxy groups -OCH3 is 2. The van der Waals surface area contributed by atoms with Crippen molar-refractivity contribution in [2.45, 2.75) is 94.9 Å². The molecule has 0 unspecified atom stereocenters. The fraction of sp³-hybridized carbons (Fsp3) is 0.500. The smallest absolute Gasteiger partial charge is 0.417 e. The second kappa shape index (κ2) is 17.4. The van der Waals surface area contributed by atoms with Gasteiger partial charge in [-0.25, -0.2) is 9.59 Å². The zero-order chi connectivity index (χ0) is 44.6. The maximum atomic E-state index is 14.2. The number of alkyl carbamates (subject to hydrolysis) is 1. The third-order valence-corrected chi connectivity index (χ3v) is 11.6. The summed E-state index contributed by atoms with van der Waals surface area (Å²) in [5, 5.41) is 25.5. The van der Waals surface area contributed by atoms with Crippen LogP contribution in [-0.4, -0.2) is 109 Å². The van der Waals surface area contributed by atoms with Gasteiger partial charge < -0.3 is 38.6 Å². The van der Waals surface area contributed by atoms with Crippen molar-refractivity contribution in [1.82, 2.24) is 10.2 Å². The van der Waals surface area contributed by atoms with E-state index < -0.39 is 106 Å². The highest BCUT2D eigenvalue weighted by Gasteiger charge is 2.64. The number of ether oxygens (including phenoxy) is 5. The third-order valence-electron chi connectivity index (χ3n) is 11.2. The van der Waals surface area contributed by atoms with Gasteiger partial charge in [0.05, 0.1) is 41.4 Å². The van der Waals surface area contributed by atoms with Crippen molar-refractivity contribution in [3.05, 3.63) is 86.0 Å². The van der Waals surface area contributed by atoms with Gasteiger partial charge in [-0.1, -0.05) is 42.3 Å². The van der Waals surface area contributed by atoms with Gasteiger partial charge in [0.2, 0.25) is 5.91 Å². The zero-order valence-corrected chi connectivity index (χ0v) is 34.8. The Labute approximate surface area is 348 Å². The fourth-order valence-corrected chi connectivity index (χ4v) is 7.75. The first-order valence-corrected chi connectivity index (χ1v) is 19.1. The molecule has 2 fully saturated rings. The normalized spacial score (nSPS) is 29.1. The first-order valence-electron chi connectivity index (χ1n) is 18.7. The number of nitrogens with one attached hydrogen (secondary N) is 1. The van der Waals surface area contributed by atoms with E-state index in [1.807, 2.05) is 6.92 Å². The largest absolute Gasteiger partial charge is 0.495 e. The first kappa shape index (κ1) is 45.8. The van der Waals surface area contributed by atoms with Gasteiger partial charge >= 0.3 is 18.2 Å². The van der Waals surface area contributed by atoms with Gasteiger partial charge in [0.15, 0.2) is 5.72 Å². The van der Waals surface area contributed by atoms with E-state index in [0.717, 1.165) is 18.7 Å². The maximum Gasteiger partial charge on any atom is 0.417 e. The van der Waals surface area contributed by atoms with E-state index in [1.54, 1.807) is 44.2 Å². The number of non-ortho nitro benzene ring substituents is 1. The topological polar surface area (TPSA) is 200 Å². The van der Waals surface area contributed by atoms with Crippen molar-refractivity contribution in [3.63, 3.8) is 0 Å². The van der Waals surface area contributed by atoms with E-state index in [4.69, 9.17) is 35.3 Å². The Balaban J connectivity index is 1.53. The number of allylic oxidation sites excluding steroid dienone is 3. The lowest BCUT2D eigenvalue weighted by atomic mass is 9.83. The van der Waals surface area contributed by atoms with Gasteiger partial charge in [-0.05, 0) is 51.0 Å². The van der Waals surface area contributed by atoms with Gasteiger partial charge in [0.1, 0.15) is 40.7 Å². The summed E-state index contributed by atoms with van der Waals surface area (Å²) in [7, 11) is 5.28. The van der Waals surface area contributed by atoms with Crippen LogP contribution in [0.15, 0.2) is 54.1 Å². The number of carbonyl (C=O) groups is 4. The number of esters is 1. The van der Waals surface area contributed by atoms with Gasteiger partial charge in [-0.2, -0.15) is 13.2 Å². The van der Waals surface area contributed by atoms with Crippen LogP contribution in [0.2, 0.25) is 5.02 Å². The monoisotopic (exact) mass is 866 g/mol. The molecular weight excluding hydrogens is 821 g/mol. The summed E-state index contributed by atoms with van der Waals surface area (Å²) in [6, 6.07) is 3.44. The predicted octanol–water partition coefficient (Wildman–Crippen LogP) is 5.76. The van der Waals surface area contributed by atoms with Crippen LogP contribution in [0, 0.1) is 16.0 Å². The number of benzene rings is 2. The number of amides is 3. The minimum absolute atomic E-state index is 0.106. The zero-order valence-electron chi connectivity index (χ0n) is 34.0. The lowest BCUT2D eigenvalue weighted by Gasteiger charge is -2.42. The summed E-state index contributed by atoms with van der Waals surface area (Å²) in [5.41, 5.74) is -5.04. The van der Waals surface area contributed by atoms with Crippen LogP contribution in [-0.2, 0) is 41.1 Å². The summed E-state index contributed by atoms with van der Waals surface area (Å²) in [6.07, 6.45) is -5.75. The number of epoxide rings is 1. The molecule has 4 bridgehead atoms. The number of halogens is 4. The van der Waals surface area contributed by atoms with E-state index in [0.29, 0.717) is 23.0 Å². The Morgan fingerprint density at radius 3 is 2.50 bits per heavy atom. The molecule has 3 aliphatic heterocycles. The Hall–Kier alpha value is -5.24. The number of likely N-dealkylation sites (N-methyl/N-ethyl adjacent to an activating group) is 1. The minimum Gasteiger partial charge on any atom is -0.495 e. The molecule has 2 saturated heterocycles. The quantitative estimate of drug-likeness (QED) is 0.148. The van der Waals surface area contributed by atoms with E-state index in [-0.39, 0.29) is 28.9 Å². The minimum atomic E-state index is -5.17. The van der Waals surface area contributed by atoms with E-state index in [9.17, 15) is 47.6 Å². The number of alkyl halides is 3. The molecule has 326 valence electrons. The molecular formula is C40H46ClF3N4O12. The molecule has 0 radical (unpaired) electrons. The van der Waals surface area contributed by atoms with Crippen LogP contribution in [0.5, 0.6) is 5.75 Å². The number of anilines is 1. The van der Waals surface area contributed by atoms with E-state index in [2.05, 4.69) is 5.32 Å². The molecule has 0 aliphatic carbocycles. The Kier molecular flexibility index (Phi) is 13.3. The number of hydrogen-bond acceptors (Lipinski definition) is 12. The molecule has 0 spiro atoms. The van der Waals surface area contributed by atoms with Crippen LogP contribution < -0.4 is 15.0 Å². The lowest BCUT2D eigenvalue weighted by molar-refractivity contribution is -0.385. The summed E-state index contributed by atoms with van der Waals surface area (Å²) in [5.74, 6) is -3.48. The van der Waals surface area contributed by atoms with Crippen LogP contribution in [0.1, 0.15) is 62.0 Å². The summed E-state index contributed by atoms with van der Waals surface area (Å²) >= 11 is 6.72. The van der Waals surface area contributed by atoms with Crippen molar-refractivity contribution in [1.29, 1.82) is 0 Å². The molecule has 2 N–H and O–H groups in total. The number of rotatable bonds is 7. The summed E-state index contributed by atoms with van der Waals surface area (Å²) in [6.45, 7) is 6.27. The van der Waals surface area contributed by atoms with E-state index >= 15 is 0 Å². The van der Waals surface area contributed by atoms with Crippen molar-refractivity contribution in [3.8, 4) is 5.75 Å². The summed E-state index contributed by atoms with van der Waals surface area (Å²) < 4.78 is 70.8. The molecule has 0 aromatic heterocycles. The SMILES string of the molecule is COc1cc2cc(c1Cl)N(C)C(=O)C[C@H](OC(=O)[C@H](C)N(C)C(=O)c1ccc([N+](=O)[O-])cc1C(F)(F)F)[C@]1(C)O[C@H]1[C@H](C)[C@@H]1C[C@@](O)(NC(=O)O1)[C@H](OC)/C=C/C=C(\C)C2. The number of nitro benzene ring substituents is 1. The highest BCUT2D eigenvalue weighted by Crippen LogP contribution is 2.49. The summed E-state index contributed by atoms with van der Waals surface area (Å²) in [4.78, 5) is 66.6. The number of carbonyl (C=O) groups excluding carboxylic acids is 4. The molecule has 3 aliphatic rings. The van der Waals surface area contributed by atoms with Gasteiger partial charge in [0, 0.05) is 45.7 Å². The lowest BCUT2D eigenvalue weighted by Crippen LogP contribution is -2.63. The Bertz CT molecular complexity index is 2120. The molecule has 8 atom stereocenters.